The van der Waals surface area contributed by atoms with Crippen LogP contribution in [0.4, 0.5) is 4.39 Å². The van der Waals surface area contributed by atoms with E-state index in [1.165, 1.54) is 19.1 Å². The van der Waals surface area contributed by atoms with Crippen molar-refractivity contribution in [2.24, 2.45) is 0 Å². The quantitative estimate of drug-likeness (QED) is 0.715. The Bertz CT molecular complexity index is 321. The number of aryl methyl sites for hydroxylation is 1. The summed E-state index contributed by atoms with van der Waals surface area (Å²) in [6.07, 6.45) is 0. The van der Waals surface area contributed by atoms with Crippen molar-refractivity contribution in [1.29, 1.82) is 0 Å². The fraction of sp³-hybridized carbons (Fsp3) is 0.300. The monoisotopic (exact) mass is 182 g/mol. The summed E-state index contributed by atoms with van der Waals surface area (Å²) >= 11 is 0. The molecule has 0 radical (unpaired) electrons. The number of halogens is 1. The van der Waals surface area contributed by atoms with Crippen LogP contribution in [0.15, 0.2) is 18.2 Å². The molecule has 0 atom stereocenters. The normalized spacial score (nSPS) is 9.77. The van der Waals surface area contributed by atoms with E-state index < -0.39 is 0 Å². The molecule has 0 aliphatic rings. The smallest absolute Gasteiger partial charge is 0.167 e. The van der Waals surface area contributed by atoms with Gasteiger partial charge in [0.15, 0.2) is 5.78 Å². The summed E-state index contributed by atoms with van der Waals surface area (Å²) in [5, 5.41) is 0. The predicted molar refractivity (Wildman–Crippen MR) is 47.3 cm³/mol. The van der Waals surface area contributed by atoms with Crippen LogP contribution in [-0.4, -0.2) is 12.4 Å². The first kappa shape index (κ1) is 9.71. The van der Waals surface area contributed by atoms with E-state index in [1.807, 2.05) is 0 Å². The zero-order valence-electron chi connectivity index (χ0n) is 7.63. The van der Waals surface area contributed by atoms with Gasteiger partial charge in [0.05, 0.1) is 0 Å². The van der Waals surface area contributed by atoms with Gasteiger partial charge in [-0.05, 0) is 37.6 Å². The van der Waals surface area contributed by atoms with Crippen LogP contribution in [0.3, 0.4) is 0 Å². The fourth-order valence-corrected chi connectivity index (χ4v) is 0.892. The Morgan fingerprint density at radius 3 is 2.77 bits per heavy atom. The SMILES string of the molecule is CC(=O)COc1ccc(F)c(C)c1. The highest BCUT2D eigenvalue weighted by atomic mass is 19.1. The van der Waals surface area contributed by atoms with Crippen LogP contribution in [0.1, 0.15) is 12.5 Å². The van der Waals surface area contributed by atoms with Crippen LogP contribution in [-0.2, 0) is 4.79 Å². The zero-order chi connectivity index (χ0) is 9.84. The maximum atomic E-state index is 12.8. The predicted octanol–water partition coefficient (Wildman–Crippen LogP) is 2.10. The van der Waals surface area contributed by atoms with Gasteiger partial charge < -0.3 is 4.74 Å². The lowest BCUT2D eigenvalue weighted by Gasteiger charge is -2.04. The molecule has 0 saturated heterocycles. The van der Waals surface area contributed by atoms with Gasteiger partial charge in [-0.25, -0.2) is 4.39 Å². The number of carbonyl (C=O) groups is 1. The number of ether oxygens (including phenoxy) is 1. The molecule has 13 heavy (non-hydrogen) atoms. The summed E-state index contributed by atoms with van der Waals surface area (Å²) in [5.41, 5.74) is 0.515. The summed E-state index contributed by atoms with van der Waals surface area (Å²) in [5.74, 6) is 0.200. The van der Waals surface area contributed by atoms with E-state index in [0.717, 1.165) is 0 Å². The van der Waals surface area contributed by atoms with Gasteiger partial charge in [-0.3, -0.25) is 4.79 Å². The van der Waals surface area contributed by atoms with Crippen molar-refractivity contribution in [3.05, 3.63) is 29.6 Å². The molecule has 2 nitrogen and oxygen atoms in total. The molecule has 70 valence electrons. The number of benzene rings is 1. The van der Waals surface area contributed by atoms with Crippen molar-refractivity contribution < 1.29 is 13.9 Å². The van der Waals surface area contributed by atoms with E-state index in [9.17, 15) is 9.18 Å². The molecular formula is C10H11FO2. The fourth-order valence-electron chi connectivity index (χ4n) is 0.892. The molecule has 1 aromatic carbocycles. The van der Waals surface area contributed by atoms with Crippen LogP contribution in [0.2, 0.25) is 0 Å². The van der Waals surface area contributed by atoms with Gasteiger partial charge in [-0.2, -0.15) is 0 Å². The minimum atomic E-state index is -0.268. The zero-order valence-corrected chi connectivity index (χ0v) is 7.63. The Balaban J connectivity index is 2.68. The average Bonchev–Trinajstić information content (AvgIpc) is 2.07. The Morgan fingerprint density at radius 1 is 1.54 bits per heavy atom. The molecule has 0 aliphatic carbocycles. The maximum absolute atomic E-state index is 12.8. The second-order valence-electron chi connectivity index (χ2n) is 2.90. The van der Waals surface area contributed by atoms with Gasteiger partial charge in [0.1, 0.15) is 18.2 Å². The molecule has 0 aliphatic heterocycles. The summed E-state index contributed by atoms with van der Waals surface area (Å²) in [6, 6.07) is 4.40. The van der Waals surface area contributed by atoms with Crippen molar-refractivity contribution >= 4 is 5.78 Å². The molecule has 0 heterocycles. The van der Waals surface area contributed by atoms with Gasteiger partial charge >= 0.3 is 0 Å². The minimum Gasteiger partial charge on any atom is -0.486 e. The van der Waals surface area contributed by atoms with E-state index in [2.05, 4.69) is 0 Å². The molecule has 0 spiro atoms. The summed E-state index contributed by atoms with van der Waals surface area (Å²) in [6.45, 7) is 3.12. The number of rotatable bonds is 3. The number of carbonyl (C=O) groups excluding carboxylic acids is 1. The first-order valence-corrected chi connectivity index (χ1v) is 3.98. The van der Waals surface area contributed by atoms with E-state index in [-0.39, 0.29) is 18.2 Å². The molecule has 0 aromatic heterocycles. The average molecular weight is 182 g/mol. The standard InChI is InChI=1S/C10H11FO2/c1-7-5-9(3-4-10(7)11)13-6-8(2)12/h3-5H,6H2,1-2H3. The van der Waals surface area contributed by atoms with Crippen molar-refractivity contribution in [2.75, 3.05) is 6.61 Å². The van der Waals surface area contributed by atoms with Gasteiger partial charge in [0.25, 0.3) is 0 Å². The molecule has 0 fully saturated rings. The van der Waals surface area contributed by atoms with E-state index in [0.29, 0.717) is 11.3 Å². The van der Waals surface area contributed by atoms with E-state index in [4.69, 9.17) is 4.74 Å². The molecule has 0 saturated carbocycles. The second-order valence-corrected chi connectivity index (χ2v) is 2.90. The van der Waals surface area contributed by atoms with E-state index in [1.54, 1.807) is 13.0 Å². The molecule has 1 rings (SSSR count). The maximum Gasteiger partial charge on any atom is 0.167 e. The summed E-state index contributed by atoms with van der Waals surface area (Å²) in [4.78, 5) is 10.6. The van der Waals surface area contributed by atoms with Gasteiger partial charge in [0.2, 0.25) is 0 Å². The van der Waals surface area contributed by atoms with Crippen molar-refractivity contribution in [1.82, 2.24) is 0 Å². The number of hydrogen-bond acceptors (Lipinski definition) is 2. The topological polar surface area (TPSA) is 26.3 Å². The lowest BCUT2D eigenvalue weighted by atomic mass is 10.2. The van der Waals surface area contributed by atoms with Crippen LogP contribution in [0.25, 0.3) is 0 Å². The van der Waals surface area contributed by atoms with Crippen LogP contribution in [0, 0.1) is 12.7 Å². The highest BCUT2D eigenvalue weighted by Crippen LogP contribution is 2.15. The van der Waals surface area contributed by atoms with Crippen LogP contribution < -0.4 is 4.74 Å². The minimum absolute atomic E-state index is 0.0328. The highest BCUT2D eigenvalue weighted by Gasteiger charge is 2.00. The third-order valence-corrected chi connectivity index (χ3v) is 1.57. The van der Waals surface area contributed by atoms with Crippen molar-refractivity contribution in [3.8, 4) is 5.75 Å². The summed E-state index contributed by atoms with van der Waals surface area (Å²) in [7, 11) is 0. The van der Waals surface area contributed by atoms with Crippen LogP contribution in [0.5, 0.6) is 5.75 Å². The first-order valence-electron chi connectivity index (χ1n) is 3.98. The van der Waals surface area contributed by atoms with Gasteiger partial charge in [-0.1, -0.05) is 0 Å². The number of hydrogen-bond donors (Lipinski definition) is 0. The number of ketones is 1. The Labute approximate surface area is 76.3 Å². The van der Waals surface area contributed by atoms with Crippen LogP contribution >= 0.6 is 0 Å². The summed E-state index contributed by atoms with van der Waals surface area (Å²) < 4.78 is 17.9. The molecule has 0 amide bonds. The Morgan fingerprint density at radius 2 is 2.23 bits per heavy atom. The largest absolute Gasteiger partial charge is 0.486 e. The molecule has 0 bridgehead atoms. The number of Topliss-reactive ketones (excluding diaryl/α,β-unsaturated/α-hetero) is 1. The molecule has 3 heteroatoms. The van der Waals surface area contributed by atoms with Gasteiger partial charge in [0, 0.05) is 0 Å². The molecular weight excluding hydrogens is 171 g/mol. The first-order chi connectivity index (χ1) is 6.09. The molecule has 0 N–H and O–H groups in total. The van der Waals surface area contributed by atoms with Crippen molar-refractivity contribution in [2.45, 2.75) is 13.8 Å². The second kappa shape index (κ2) is 4.03. The Hall–Kier alpha value is -1.38. The highest BCUT2D eigenvalue weighted by molar-refractivity contribution is 5.77. The van der Waals surface area contributed by atoms with Gasteiger partial charge in [-0.15, -0.1) is 0 Å². The van der Waals surface area contributed by atoms with E-state index >= 15 is 0 Å². The third-order valence-electron chi connectivity index (χ3n) is 1.57. The lowest BCUT2D eigenvalue weighted by Crippen LogP contribution is -2.06. The molecule has 1 aromatic rings. The molecule has 0 unspecified atom stereocenters. The van der Waals surface area contributed by atoms with Crippen molar-refractivity contribution in [3.63, 3.8) is 0 Å². The third kappa shape index (κ3) is 2.86. The lowest BCUT2D eigenvalue weighted by molar-refractivity contribution is -0.118. The Kier molecular flexibility index (Phi) is 3.01.